The third kappa shape index (κ3) is 4.63. The fourth-order valence-electron chi connectivity index (χ4n) is 3.13. The number of nitrogens with two attached hydrogens (primary N) is 1. The smallest absolute Gasteiger partial charge is 0.00433 e. The topological polar surface area (TPSA) is 38.0 Å². The molecule has 0 bridgehead atoms. The zero-order chi connectivity index (χ0) is 14.5. The summed E-state index contributed by atoms with van der Waals surface area (Å²) in [6.07, 6.45) is 2.27. The number of hydrogen-bond acceptors (Lipinski definition) is 2. The summed E-state index contributed by atoms with van der Waals surface area (Å²) in [4.78, 5) is 0. The van der Waals surface area contributed by atoms with Gasteiger partial charge in [-0.05, 0) is 63.4 Å². The second kappa shape index (κ2) is 7.06. The average molecular weight is 262 g/mol. The molecule has 2 nitrogen and oxygen atoms in total. The van der Waals surface area contributed by atoms with Crippen LogP contribution in [-0.4, -0.2) is 19.6 Å². The summed E-state index contributed by atoms with van der Waals surface area (Å²) in [6, 6.07) is 4.58. The van der Waals surface area contributed by atoms with Gasteiger partial charge in [-0.3, -0.25) is 0 Å². The van der Waals surface area contributed by atoms with Crippen LogP contribution in [0.15, 0.2) is 12.1 Å². The van der Waals surface area contributed by atoms with Crippen LogP contribution < -0.4 is 11.1 Å². The molecular weight excluding hydrogens is 232 g/mol. The monoisotopic (exact) mass is 262 g/mol. The van der Waals surface area contributed by atoms with Crippen LogP contribution in [0.1, 0.15) is 48.9 Å². The summed E-state index contributed by atoms with van der Waals surface area (Å²) < 4.78 is 0. The lowest BCUT2D eigenvalue weighted by Crippen LogP contribution is -2.35. The first-order valence-electron chi connectivity index (χ1n) is 7.37. The Hall–Kier alpha value is -0.860. The number of hydrogen-bond donors (Lipinski definition) is 2. The summed E-state index contributed by atoms with van der Waals surface area (Å²) in [7, 11) is 0. The van der Waals surface area contributed by atoms with E-state index in [1.165, 1.54) is 28.7 Å². The maximum absolute atomic E-state index is 5.51. The number of unbranched alkanes of at least 4 members (excludes halogenated alkanes) is 1. The van der Waals surface area contributed by atoms with Crippen molar-refractivity contribution in [1.29, 1.82) is 0 Å². The Labute approximate surface area is 118 Å². The van der Waals surface area contributed by atoms with Gasteiger partial charge in [-0.2, -0.15) is 0 Å². The standard InChI is InChI=1S/C17H30N2/c1-13-10-14(2)16(15(3)11-13)17(4,5)12-19-9-7-6-8-18/h10-11,19H,6-9,12,18H2,1-5H3. The Kier molecular flexibility index (Phi) is 6.02. The van der Waals surface area contributed by atoms with E-state index in [9.17, 15) is 0 Å². The third-order valence-corrected chi connectivity index (χ3v) is 3.73. The highest BCUT2D eigenvalue weighted by Crippen LogP contribution is 2.29. The predicted octanol–water partition coefficient (Wildman–Crippen LogP) is 3.22. The number of rotatable bonds is 7. The Morgan fingerprint density at radius 2 is 1.63 bits per heavy atom. The van der Waals surface area contributed by atoms with E-state index in [2.05, 4.69) is 52.1 Å². The number of benzene rings is 1. The lowest BCUT2D eigenvalue weighted by Gasteiger charge is -2.30. The van der Waals surface area contributed by atoms with Crippen LogP contribution in [0.2, 0.25) is 0 Å². The molecule has 1 aromatic carbocycles. The second-order valence-electron chi connectivity index (χ2n) is 6.33. The molecule has 19 heavy (non-hydrogen) atoms. The molecule has 0 saturated heterocycles. The predicted molar refractivity (Wildman–Crippen MR) is 84.8 cm³/mol. The maximum atomic E-state index is 5.51. The summed E-state index contributed by atoms with van der Waals surface area (Å²) in [6.45, 7) is 14.1. The highest BCUT2D eigenvalue weighted by molar-refractivity contribution is 5.42. The Balaban J connectivity index is 2.71. The van der Waals surface area contributed by atoms with E-state index in [4.69, 9.17) is 5.73 Å². The van der Waals surface area contributed by atoms with Gasteiger partial charge in [0.1, 0.15) is 0 Å². The molecule has 0 heterocycles. The molecule has 0 radical (unpaired) electrons. The van der Waals surface area contributed by atoms with Gasteiger partial charge in [-0.25, -0.2) is 0 Å². The van der Waals surface area contributed by atoms with Crippen LogP contribution >= 0.6 is 0 Å². The molecule has 0 amide bonds. The highest BCUT2D eigenvalue weighted by atomic mass is 14.9. The molecule has 0 aliphatic heterocycles. The molecule has 2 heteroatoms. The van der Waals surface area contributed by atoms with Gasteiger partial charge >= 0.3 is 0 Å². The lowest BCUT2D eigenvalue weighted by molar-refractivity contribution is 0.460. The minimum atomic E-state index is 0.171. The minimum absolute atomic E-state index is 0.171. The summed E-state index contributed by atoms with van der Waals surface area (Å²) in [5.74, 6) is 0. The fourth-order valence-corrected chi connectivity index (χ4v) is 3.13. The van der Waals surface area contributed by atoms with Crippen molar-refractivity contribution in [2.45, 2.75) is 52.9 Å². The average Bonchev–Trinajstić information content (AvgIpc) is 2.26. The van der Waals surface area contributed by atoms with Gasteiger partial charge < -0.3 is 11.1 Å². The first-order valence-corrected chi connectivity index (χ1v) is 7.37. The molecular formula is C17H30N2. The summed E-state index contributed by atoms with van der Waals surface area (Å²) >= 11 is 0. The lowest BCUT2D eigenvalue weighted by atomic mass is 9.78. The molecule has 0 unspecified atom stereocenters. The quantitative estimate of drug-likeness (QED) is 0.740. The molecule has 108 valence electrons. The summed E-state index contributed by atoms with van der Waals surface area (Å²) in [5, 5.41) is 3.57. The first kappa shape index (κ1) is 16.2. The fraction of sp³-hybridized carbons (Fsp3) is 0.647. The Bertz CT molecular complexity index is 385. The van der Waals surface area contributed by atoms with E-state index in [-0.39, 0.29) is 5.41 Å². The van der Waals surface area contributed by atoms with Crippen molar-refractivity contribution in [2.75, 3.05) is 19.6 Å². The van der Waals surface area contributed by atoms with Gasteiger partial charge in [0, 0.05) is 12.0 Å². The highest BCUT2D eigenvalue weighted by Gasteiger charge is 2.24. The first-order chi connectivity index (χ1) is 8.88. The molecule has 0 atom stereocenters. The third-order valence-electron chi connectivity index (χ3n) is 3.73. The SMILES string of the molecule is Cc1cc(C)c(C(C)(C)CNCCCCN)c(C)c1. The van der Waals surface area contributed by atoms with Gasteiger partial charge in [0.05, 0.1) is 0 Å². The van der Waals surface area contributed by atoms with Crippen molar-refractivity contribution in [1.82, 2.24) is 5.32 Å². The number of nitrogens with one attached hydrogen (secondary N) is 1. The van der Waals surface area contributed by atoms with Gasteiger partial charge in [-0.1, -0.05) is 31.5 Å². The van der Waals surface area contributed by atoms with Crippen molar-refractivity contribution < 1.29 is 0 Å². The van der Waals surface area contributed by atoms with Crippen molar-refractivity contribution >= 4 is 0 Å². The molecule has 0 aromatic heterocycles. The van der Waals surface area contributed by atoms with Gasteiger partial charge in [0.2, 0.25) is 0 Å². The zero-order valence-electron chi connectivity index (χ0n) is 13.3. The molecule has 1 aromatic rings. The van der Waals surface area contributed by atoms with E-state index < -0.39 is 0 Å². The van der Waals surface area contributed by atoms with Crippen LogP contribution in [0, 0.1) is 20.8 Å². The normalized spacial score (nSPS) is 11.9. The molecule has 0 aliphatic carbocycles. The molecule has 0 fully saturated rings. The van der Waals surface area contributed by atoms with Crippen LogP contribution in [-0.2, 0) is 5.41 Å². The van der Waals surface area contributed by atoms with Crippen LogP contribution in [0.25, 0.3) is 0 Å². The van der Waals surface area contributed by atoms with Gasteiger partial charge in [0.15, 0.2) is 0 Å². The van der Waals surface area contributed by atoms with Crippen molar-refractivity contribution in [3.05, 3.63) is 34.4 Å². The van der Waals surface area contributed by atoms with Crippen LogP contribution in [0.4, 0.5) is 0 Å². The van der Waals surface area contributed by atoms with Crippen molar-refractivity contribution in [3.63, 3.8) is 0 Å². The van der Waals surface area contributed by atoms with Crippen LogP contribution in [0.3, 0.4) is 0 Å². The van der Waals surface area contributed by atoms with E-state index in [1.807, 2.05) is 0 Å². The van der Waals surface area contributed by atoms with Crippen molar-refractivity contribution in [3.8, 4) is 0 Å². The largest absolute Gasteiger partial charge is 0.330 e. The van der Waals surface area contributed by atoms with Crippen LogP contribution in [0.5, 0.6) is 0 Å². The van der Waals surface area contributed by atoms with E-state index in [0.717, 1.165) is 26.1 Å². The van der Waals surface area contributed by atoms with Gasteiger partial charge in [-0.15, -0.1) is 0 Å². The van der Waals surface area contributed by atoms with E-state index in [0.29, 0.717) is 0 Å². The summed E-state index contributed by atoms with van der Waals surface area (Å²) in [5.41, 5.74) is 11.3. The molecule has 0 saturated carbocycles. The van der Waals surface area contributed by atoms with E-state index >= 15 is 0 Å². The second-order valence-corrected chi connectivity index (χ2v) is 6.33. The van der Waals surface area contributed by atoms with Crippen molar-refractivity contribution in [2.24, 2.45) is 5.73 Å². The molecule has 1 rings (SSSR count). The zero-order valence-corrected chi connectivity index (χ0v) is 13.3. The molecule has 3 N–H and O–H groups in total. The van der Waals surface area contributed by atoms with Gasteiger partial charge in [0.25, 0.3) is 0 Å². The maximum Gasteiger partial charge on any atom is 0.00433 e. The minimum Gasteiger partial charge on any atom is -0.330 e. The Morgan fingerprint density at radius 1 is 1.05 bits per heavy atom. The molecule has 0 spiro atoms. The number of aryl methyl sites for hydroxylation is 3. The molecule has 0 aliphatic rings. The van der Waals surface area contributed by atoms with E-state index in [1.54, 1.807) is 0 Å². The Morgan fingerprint density at radius 3 is 2.16 bits per heavy atom.